The van der Waals surface area contributed by atoms with Crippen molar-refractivity contribution in [2.75, 3.05) is 19.4 Å². The van der Waals surface area contributed by atoms with Gasteiger partial charge in [-0.05, 0) is 50.7 Å². The SMILES string of the molecule is CNC(=O)[C@]1(C)CC(n2cnc3c(NC)nc(C#Cc4cc(C)c(C)o4)nc32)[C@H](O)[C@@H]1O. The topological polar surface area (TPSA) is 138 Å². The van der Waals surface area contributed by atoms with E-state index < -0.39 is 23.7 Å². The van der Waals surface area contributed by atoms with Crippen molar-refractivity contribution < 1.29 is 19.4 Å². The lowest BCUT2D eigenvalue weighted by Gasteiger charge is -2.26. The van der Waals surface area contributed by atoms with E-state index in [9.17, 15) is 15.0 Å². The Morgan fingerprint density at radius 2 is 2.03 bits per heavy atom. The molecule has 4 rings (SSSR count). The summed E-state index contributed by atoms with van der Waals surface area (Å²) in [5.74, 6) is 7.55. The first-order chi connectivity index (χ1) is 15.2. The predicted octanol–water partition coefficient (Wildman–Crippen LogP) is 0.897. The number of carbonyl (C=O) groups is 1. The van der Waals surface area contributed by atoms with Crippen LogP contribution in [0.4, 0.5) is 5.82 Å². The third kappa shape index (κ3) is 3.39. The van der Waals surface area contributed by atoms with Crippen LogP contribution in [0.2, 0.25) is 0 Å². The highest BCUT2D eigenvalue weighted by Crippen LogP contribution is 2.45. The quantitative estimate of drug-likeness (QED) is 0.443. The molecule has 168 valence electrons. The highest BCUT2D eigenvalue weighted by atomic mass is 16.3. The number of amides is 1. The van der Waals surface area contributed by atoms with Gasteiger partial charge in [0.05, 0.1) is 23.9 Å². The summed E-state index contributed by atoms with van der Waals surface area (Å²) in [6.45, 7) is 5.45. The van der Waals surface area contributed by atoms with Crippen molar-refractivity contribution in [3.63, 3.8) is 0 Å². The second-order valence-electron chi connectivity index (χ2n) is 8.27. The maximum absolute atomic E-state index is 12.4. The summed E-state index contributed by atoms with van der Waals surface area (Å²) in [7, 11) is 3.22. The van der Waals surface area contributed by atoms with Crippen molar-refractivity contribution in [2.45, 2.75) is 45.4 Å². The number of anilines is 1. The Labute approximate surface area is 185 Å². The number of aliphatic hydroxyl groups excluding tert-OH is 2. The van der Waals surface area contributed by atoms with Crippen LogP contribution in [0.1, 0.15) is 42.3 Å². The van der Waals surface area contributed by atoms with Crippen LogP contribution in [-0.4, -0.2) is 61.9 Å². The van der Waals surface area contributed by atoms with Gasteiger partial charge in [0.25, 0.3) is 0 Å². The monoisotopic (exact) mass is 438 g/mol. The van der Waals surface area contributed by atoms with Crippen LogP contribution in [0.15, 0.2) is 16.8 Å². The van der Waals surface area contributed by atoms with Crippen LogP contribution < -0.4 is 10.6 Å². The van der Waals surface area contributed by atoms with Gasteiger partial charge in [-0.15, -0.1) is 0 Å². The minimum atomic E-state index is -1.24. The zero-order valence-electron chi connectivity index (χ0n) is 18.6. The number of aryl methyl sites for hydroxylation is 2. The molecule has 3 aromatic rings. The summed E-state index contributed by atoms with van der Waals surface area (Å²) >= 11 is 0. The lowest BCUT2D eigenvalue weighted by Crippen LogP contribution is -2.45. The molecular formula is C22H26N6O4. The van der Waals surface area contributed by atoms with E-state index in [1.165, 1.54) is 13.4 Å². The Hall–Kier alpha value is -3.42. The average molecular weight is 438 g/mol. The van der Waals surface area contributed by atoms with Crippen molar-refractivity contribution in [1.82, 2.24) is 24.8 Å². The molecule has 1 unspecified atom stereocenters. The average Bonchev–Trinajstić information content (AvgIpc) is 3.42. The molecule has 1 saturated carbocycles. The number of furan rings is 1. The van der Waals surface area contributed by atoms with Gasteiger partial charge >= 0.3 is 0 Å². The molecule has 1 aliphatic carbocycles. The summed E-state index contributed by atoms with van der Waals surface area (Å²) in [4.78, 5) is 25.8. The smallest absolute Gasteiger partial charge is 0.228 e. The fourth-order valence-corrected chi connectivity index (χ4v) is 4.18. The maximum Gasteiger partial charge on any atom is 0.228 e. The molecular weight excluding hydrogens is 412 g/mol. The lowest BCUT2D eigenvalue weighted by atomic mass is 9.85. The summed E-state index contributed by atoms with van der Waals surface area (Å²) in [6.07, 6.45) is -0.662. The van der Waals surface area contributed by atoms with E-state index in [1.807, 2.05) is 19.9 Å². The number of nitrogens with zero attached hydrogens (tertiary/aromatic N) is 4. The van der Waals surface area contributed by atoms with E-state index >= 15 is 0 Å². The van der Waals surface area contributed by atoms with E-state index in [2.05, 4.69) is 37.4 Å². The Morgan fingerprint density at radius 3 is 2.66 bits per heavy atom. The Bertz CT molecular complexity index is 1230. The molecule has 0 bridgehead atoms. The molecule has 0 spiro atoms. The number of aliphatic hydroxyl groups is 2. The van der Waals surface area contributed by atoms with Crippen LogP contribution in [0.5, 0.6) is 0 Å². The molecule has 3 aromatic heterocycles. The number of hydrogen-bond acceptors (Lipinski definition) is 8. The maximum atomic E-state index is 12.4. The van der Waals surface area contributed by atoms with Gasteiger partial charge in [0, 0.05) is 14.1 Å². The van der Waals surface area contributed by atoms with Crippen molar-refractivity contribution in [3.05, 3.63) is 35.3 Å². The minimum absolute atomic E-state index is 0.214. The first kappa shape index (κ1) is 21.8. The Morgan fingerprint density at radius 1 is 1.28 bits per heavy atom. The van der Waals surface area contributed by atoms with Crippen molar-refractivity contribution in [2.24, 2.45) is 5.41 Å². The lowest BCUT2D eigenvalue weighted by molar-refractivity contribution is -0.136. The second-order valence-corrected chi connectivity index (χ2v) is 8.27. The number of hydrogen-bond donors (Lipinski definition) is 4. The number of fused-ring (bicyclic) bond motifs is 1. The second kappa shape index (κ2) is 7.93. The fourth-order valence-electron chi connectivity index (χ4n) is 4.18. The third-order valence-electron chi connectivity index (χ3n) is 6.23. The largest absolute Gasteiger partial charge is 0.453 e. The third-order valence-corrected chi connectivity index (χ3v) is 6.23. The molecule has 32 heavy (non-hydrogen) atoms. The van der Waals surface area contributed by atoms with Crippen LogP contribution in [0, 0.1) is 31.1 Å². The highest BCUT2D eigenvalue weighted by molar-refractivity contribution is 5.85. The number of carbonyl (C=O) groups excluding carboxylic acids is 1. The van der Waals surface area contributed by atoms with Gasteiger partial charge in [-0.1, -0.05) is 0 Å². The molecule has 4 atom stereocenters. The van der Waals surface area contributed by atoms with Gasteiger partial charge in [0.2, 0.25) is 11.7 Å². The zero-order chi connectivity index (χ0) is 23.2. The van der Waals surface area contributed by atoms with Gasteiger partial charge in [-0.2, -0.15) is 0 Å². The number of imidazole rings is 1. The number of nitrogens with one attached hydrogen (secondary N) is 2. The van der Waals surface area contributed by atoms with Crippen molar-refractivity contribution >= 4 is 22.9 Å². The predicted molar refractivity (Wildman–Crippen MR) is 117 cm³/mol. The zero-order valence-corrected chi connectivity index (χ0v) is 18.6. The van der Waals surface area contributed by atoms with Gasteiger partial charge in [0.1, 0.15) is 11.9 Å². The van der Waals surface area contributed by atoms with E-state index in [1.54, 1.807) is 18.5 Å². The minimum Gasteiger partial charge on any atom is -0.453 e. The summed E-state index contributed by atoms with van der Waals surface area (Å²) in [5.41, 5.74) is 0.801. The first-order valence-electron chi connectivity index (χ1n) is 10.3. The number of aromatic nitrogens is 4. The van der Waals surface area contributed by atoms with E-state index in [-0.39, 0.29) is 18.2 Å². The van der Waals surface area contributed by atoms with Gasteiger partial charge in [-0.25, -0.2) is 15.0 Å². The molecule has 0 aromatic carbocycles. The summed E-state index contributed by atoms with van der Waals surface area (Å²) < 4.78 is 7.26. The standard InChI is InChI=1S/C22H26N6O4/c1-11-8-13(32-12(11)2)6-7-15-26-19(23-4)16-20(27-15)28(10-25-16)14-9-22(3,21(31)24-5)18(30)17(14)29/h8,10,14,17-18,29-30H,9H2,1-5H3,(H,24,31)(H,23,26,27)/t14?,17-,18-,22+/m0/s1. The molecule has 10 heteroatoms. The summed E-state index contributed by atoms with van der Waals surface area (Å²) in [6, 6.07) is 1.24. The molecule has 1 fully saturated rings. The van der Waals surface area contributed by atoms with E-state index in [4.69, 9.17) is 4.42 Å². The molecule has 0 radical (unpaired) electrons. The van der Waals surface area contributed by atoms with Crippen molar-refractivity contribution in [3.8, 4) is 11.8 Å². The normalized spacial score (nSPS) is 24.9. The fraction of sp³-hybridized carbons (Fsp3) is 0.455. The molecule has 1 amide bonds. The van der Waals surface area contributed by atoms with Gasteiger partial charge in [-0.3, -0.25) is 4.79 Å². The molecule has 10 nitrogen and oxygen atoms in total. The Balaban J connectivity index is 1.77. The molecule has 4 N–H and O–H groups in total. The molecule has 0 aliphatic heterocycles. The van der Waals surface area contributed by atoms with E-state index in [0.29, 0.717) is 22.7 Å². The first-order valence-corrected chi connectivity index (χ1v) is 10.3. The van der Waals surface area contributed by atoms with Crippen LogP contribution in [0.3, 0.4) is 0 Å². The van der Waals surface area contributed by atoms with E-state index in [0.717, 1.165) is 11.3 Å². The molecule has 1 aliphatic rings. The van der Waals surface area contributed by atoms with Crippen LogP contribution in [-0.2, 0) is 4.79 Å². The highest BCUT2D eigenvalue weighted by Gasteiger charge is 2.54. The van der Waals surface area contributed by atoms with Crippen LogP contribution in [0.25, 0.3) is 11.2 Å². The van der Waals surface area contributed by atoms with Crippen molar-refractivity contribution in [1.29, 1.82) is 0 Å². The number of rotatable bonds is 3. The molecule has 0 saturated heterocycles. The Kier molecular flexibility index (Phi) is 5.40. The van der Waals surface area contributed by atoms with Gasteiger partial charge < -0.3 is 29.8 Å². The van der Waals surface area contributed by atoms with Gasteiger partial charge in [0.15, 0.2) is 22.7 Å². The summed E-state index contributed by atoms with van der Waals surface area (Å²) in [5, 5.41) is 27.0. The molecule has 3 heterocycles. The van der Waals surface area contributed by atoms with Crippen LogP contribution >= 0.6 is 0 Å².